The fraction of sp³-hybridized carbons (Fsp3) is 0. The molecule has 0 spiro atoms. The molecule has 2 nitrogen and oxygen atoms in total. The van der Waals surface area contributed by atoms with Crippen LogP contribution >= 0.6 is 34.2 Å². The summed E-state index contributed by atoms with van der Waals surface area (Å²) in [6.45, 7) is 0. The van der Waals surface area contributed by atoms with Crippen LogP contribution in [0.2, 0.25) is 0 Å². The van der Waals surface area contributed by atoms with Gasteiger partial charge < -0.3 is 5.32 Å². The second kappa shape index (κ2) is 3.92. The lowest BCUT2D eigenvalue weighted by molar-refractivity contribution is 0.269. The maximum Gasteiger partial charge on any atom is 0.318 e. The van der Waals surface area contributed by atoms with Crippen LogP contribution in [-0.4, -0.2) is 5.37 Å². The van der Waals surface area contributed by atoms with Crippen molar-refractivity contribution in [3.05, 3.63) is 27.8 Å². The van der Waals surface area contributed by atoms with Gasteiger partial charge in [-0.05, 0) is 46.3 Å². The Morgan fingerprint density at radius 1 is 1.45 bits per heavy atom. The van der Waals surface area contributed by atoms with Crippen molar-refractivity contribution in [1.29, 1.82) is 0 Å². The van der Waals surface area contributed by atoms with Crippen LogP contribution in [0.4, 0.5) is 10.5 Å². The fourth-order valence-corrected chi connectivity index (χ4v) is 1.29. The molecule has 4 heteroatoms. The monoisotopic (exact) mass is 281 g/mol. The fourth-order valence-electron chi connectivity index (χ4n) is 0.668. The number of anilines is 1. The maximum absolute atomic E-state index is 10.4. The molecule has 0 fully saturated rings. The van der Waals surface area contributed by atoms with Crippen LogP contribution < -0.4 is 5.32 Å². The molecule has 1 rings (SSSR count). The van der Waals surface area contributed by atoms with E-state index in [2.05, 4.69) is 27.9 Å². The molecule has 0 aliphatic carbocycles. The third-order valence-corrected chi connectivity index (χ3v) is 2.14. The molecule has 0 aromatic heterocycles. The van der Waals surface area contributed by atoms with Crippen LogP contribution in [0, 0.1) is 3.57 Å². The van der Waals surface area contributed by atoms with Crippen molar-refractivity contribution < 1.29 is 4.79 Å². The predicted octanol–water partition coefficient (Wildman–Crippen LogP) is 3.06. The molecule has 0 radical (unpaired) electrons. The largest absolute Gasteiger partial charge is 0.318 e. The smallest absolute Gasteiger partial charge is 0.311 e. The highest BCUT2D eigenvalue weighted by atomic mass is 127. The Kier molecular flexibility index (Phi) is 3.14. The minimum absolute atomic E-state index is 0.561. The molecule has 0 atom stereocenters. The van der Waals surface area contributed by atoms with Crippen molar-refractivity contribution in [3.8, 4) is 0 Å². The molecule has 1 aromatic carbocycles. The van der Waals surface area contributed by atoms with Crippen LogP contribution in [0.25, 0.3) is 0 Å². The van der Waals surface area contributed by atoms with Crippen molar-refractivity contribution in [2.75, 3.05) is 5.32 Å². The number of amides is 1. The summed E-state index contributed by atoms with van der Waals surface area (Å²) in [6.07, 6.45) is 0. The molecular weight excluding hydrogens is 276 g/mol. The Labute approximate surface area is 83.1 Å². The highest BCUT2D eigenvalue weighted by Crippen LogP contribution is 2.16. The lowest BCUT2D eigenvalue weighted by atomic mass is 10.3. The van der Waals surface area contributed by atoms with Gasteiger partial charge in [-0.3, -0.25) is 4.79 Å². The van der Waals surface area contributed by atoms with Gasteiger partial charge in [0.2, 0.25) is 0 Å². The number of benzene rings is 1. The number of rotatable bonds is 1. The molecule has 0 saturated carbocycles. The van der Waals surface area contributed by atoms with E-state index in [1.807, 2.05) is 18.2 Å². The highest BCUT2D eigenvalue weighted by molar-refractivity contribution is 14.1. The summed E-state index contributed by atoms with van der Waals surface area (Å²) in [4.78, 5) is 10.4. The molecule has 11 heavy (non-hydrogen) atoms. The van der Waals surface area contributed by atoms with Gasteiger partial charge in [-0.2, -0.15) is 0 Å². The predicted molar refractivity (Wildman–Crippen MR) is 54.0 cm³/mol. The lowest BCUT2D eigenvalue weighted by Crippen LogP contribution is -2.01. The number of halogens is 2. The number of para-hydroxylation sites is 1. The summed E-state index contributed by atoms with van der Waals surface area (Å²) in [5.41, 5.74) is 0.744. The average Bonchev–Trinajstić information content (AvgIpc) is 1.93. The van der Waals surface area contributed by atoms with E-state index < -0.39 is 5.37 Å². The zero-order valence-electron chi connectivity index (χ0n) is 5.47. The zero-order chi connectivity index (χ0) is 8.27. The quantitative estimate of drug-likeness (QED) is 0.478. The van der Waals surface area contributed by atoms with Gasteiger partial charge in [-0.1, -0.05) is 12.1 Å². The number of hydrogen-bond acceptors (Lipinski definition) is 1. The van der Waals surface area contributed by atoms with Crippen molar-refractivity contribution >= 4 is 45.2 Å². The molecule has 1 aromatic rings. The van der Waals surface area contributed by atoms with E-state index in [0.29, 0.717) is 0 Å². The van der Waals surface area contributed by atoms with E-state index in [-0.39, 0.29) is 0 Å². The Bertz CT molecular complexity index is 277. The summed E-state index contributed by atoms with van der Waals surface area (Å²) in [5.74, 6) is 0. The van der Waals surface area contributed by atoms with Crippen LogP contribution in [0.1, 0.15) is 0 Å². The standard InChI is InChI=1S/C7H5ClINO/c8-7(11)10-6-4-2-1-3-5(6)9/h1-4H,(H,10,11). The van der Waals surface area contributed by atoms with E-state index in [1.54, 1.807) is 6.07 Å². The van der Waals surface area contributed by atoms with Crippen molar-refractivity contribution in [2.45, 2.75) is 0 Å². The number of carbonyl (C=O) groups is 1. The molecule has 1 N–H and O–H groups in total. The van der Waals surface area contributed by atoms with Crippen LogP contribution in [0.15, 0.2) is 24.3 Å². The maximum atomic E-state index is 10.4. The number of nitrogens with one attached hydrogen (secondary N) is 1. The van der Waals surface area contributed by atoms with Gasteiger partial charge in [-0.15, -0.1) is 0 Å². The minimum atomic E-state index is -0.561. The normalized spacial score (nSPS) is 9.27. The van der Waals surface area contributed by atoms with Gasteiger partial charge in [-0.25, -0.2) is 0 Å². The van der Waals surface area contributed by atoms with Gasteiger partial charge in [0.05, 0.1) is 5.69 Å². The van der Waals surface area contributed by atoms with Crippen LogP contribution in [0.5, 0.6) is 0 Å². The first-order valence-corrected chi connectivity index (χ1v) is 4.37. The Hall–Kier alpha value is -0.290. The van der Waals surface area contributed by atoms with Crippen molar-refractivity contribution in [2.24, 2.45) is 0 Å². The first-order chi connectivity index (χ1) is 5.20. The first kappa shape index (κ1) is 8.80. The second-order valence-corrected chi connectivity index (χ2v) is 3.38. The molecule has 0 saturated heterocycles. The van der Waals surface area contributed by atoms with Crippen molar-refractivity contribution in [1.82, 2.24) is 0 Å². The van der Waals surface area contributed by atoms with Crippen LogP contribution in [0.3, 0.4) is 0 Å². The summed E-state index contributed by atoms with van der Waals surface area (Å²) >= 11 is 7.25. The SMILES string of the molecule is O=C(Cl)Nc1ccccc1I. The van der Waals surface area contributed by atoms with Gasteiger partial charge in [0.25, 0.3) is 0 Å². The summed E-state index contributed by atoms with van der Waals surface area (Å²) in [7, 11) is 0. The Morgan fingerprint density at radius 3 is 2.64 bits per heavy atom. The summed E-state index contributed by atoms with van der Waals surface area (Å²) in [6, 6.07) is 7.42. The number of carbonyl (C=O) groups excluding carboxylic acids is 1. The van der Waals surface area contributed by atoms with E-state index in [9.17, 15) is 4.79 Å². The summed E-state index contributed by atoms with van der Waals surface area (Å²) in [5, 5.41) is 1.93. The molecule has 0 aliphatic heterocycles. The van der Waals surface area contributed by atoms with Gasteiger partial charge >= 0.3 is 5.37 Å². The minimum Gasteiger partial charge on any atom is -0.311 e. The van der Waals surface area contributed by atoms with E-state index in [4.69, 9.17) is 11.6 Å². The van der Waals surface area contributed by atoms with Gasteiger partial charge in [0, 0.05) is 3.57 Å². The van der Waals surface area contributed by atoms with E-state index in [0.717, 1.165) is 9.26 Å². The molecule has 1 amide bonds. The van der Waals surface area contributed by atoms with E-state index >= 15 is 0 Å². The van der Waals surface area contributed by atoms with Crippen LogP contribution in [-0.2, 0) is 0 Å². The molecule has 58 valence electrons. The molecule has 0 heterocycles. The average molecular weight is 281 g/mol. The lowest BCUT2D eigenvalue weighted by Gasteiger charge is -2.01. The van der Waals surface area contributed by atoms with E-state index in [1.165, 1.54) is 0 Å². The topological polar surface area (TPSA) is 29.1 Å². The second-order valence-electron chi connectivity index (χ2n) is 1.88. The number of hydrogen-bond donors (Lipinski definition) is 1. The molecular formula is C7H5ClINO. The molecule has 0 aliphatic rings. The molecule has 0 bridgehead atoms. The Morgan fingerprint density at radius 2 is 2.09 bits per heavy atom. The Balaban J connectivity index is 2.86. The van der Waals surface area contributed by atoms with Crippen molar-refractivity contribution in [3.63, 3.8) is 0 Å². The third kappa shape index (κ3) is 2.67. The first-order valence-electron chi connectivity index (χ1n) is 2.91. The zero-order valence-corrected chi connectivity index (χ0v) is 8.39. The third-order valence-electron chi connectivity index (χ3n) is 1.11. The molecule has 0 unspecified atom stereocenters. The van der Waals surface area contributed by atoms with Gasteiger partial charge in [0.1, 0.15) is 0 Å². The highest BCUT2D eigenvalue weighted by Gasteiger charge is 1.99. The summed E-state index contributed by atoms with van der Waals surface area (Å²) < 4.78 is 0.971. The van der Waals surface area contributed by atoms with Gasteiger partial charge in [0.15, 0.2) is 0 Å².